The van der Waals surface area contributed by atoms with Crippen LogP contribution >= 0.6 is 0 Å². The summed E-state index contributed by atoms with van der Waals surface area (Å²) in [6.45, 7) is -0.581. The molecule has 0 aliphatic carbocycles. The zero-order chi connectivity index (χ0) is 13.8. The molecule has 0 bridgehead atoms. The van der Waals surface area contributed by atoms with Gasteiger partial charge in [-0.2, -0.15) is 8.42 Å². The molecule has 0 atom stereocenters. The lowest BCUT2D eigenvalue weighted by molar-refractivity contribution is -0.107. The number of hydrogen-bond donors (Lipinski definition) is 0. The van der Waals surface area contributed by atoms with E-state index in [2.05, 4.69) is 4.18 Å². The molecule has 0 aromatic heterocycles. The molecule has 0 heterocycles. The smallest absolute Gasteiger partial charge is 0.264 e. The number of rotatable bonds is 6. The minimum Gasteiger partial charge on any atom is -0.317 e. The molecule has 6 nitrogen and oxygen atoms in total. The van der Waals surface area contributed by atoms with Crippen molar-refractivity contribution in [3.8, 4) is 0 Å². The van der Waals surface area contributed by atoms with Crippen LogP contribution in [0.2, 0.25) is 0 Å². The molecule has 0 N–H and O–H groups in total. The van der Waals surface area contributed by atoms with Crippen molar-refractivity contribution in [2.75, 3.05) is 24.8 Å². The van der Waals surface area contributed by atoms with Gasteiger partial charge in [-0.05, 0) is 12.1 Å². The van der Waals surface area contributed by atoms with Crippen molar-refractivity contribution < 1.29 is 22.2 Å². The molecule has 1 aromatic rings. The highest BCUT2D eigenvalue weighted by Gasteiger charge is 2.15. The quantitative estimate of drug-likeness (QED) is 0.426. The van der Waals surface area contributed by atoms with E-state index in [1.807, 2.05) is 0 Å². The fourth-order valence-corrected chi connectivity index (χ4v) is 1.63. The fraction of sp³-hybridized carbons (Fsp3) is 0.273. The molecular formula is C11H13NO5S. The van der Waals surface area contributed by atoms with Crippen LogP contribution in [0.15, 0.2) is 24.3 Å². The lowest BCUT2D eigenvalue weighted by Gasteiger charge is -2.14. The number of carbonyl (C=O) groups is 2. The molecule has 0 aliphatic rings. The highest BCUT2D eigenvalue weighted by molar-refractivity contribution is 7.86. The first-order chi connectivity index (χ1) is 8.35. The standard InChI is InChI=1S/C11H13NO5S/c1-12(8-13)10-6-4-3-5-9(10)11(14)7-17-18(2,15)16/h3-6,8H,7H2,1-2H3. The Morgan fingerprint density at radius 3 is 2.56 bits per heavy atom. The van der Waals surface area contributed by atoms with Crippen molar-refractivity contribution in [1.82, 2.24) is 0 Å². The maximum atomic E-state index is 11.8. The van der Waals surface area contributed by atoms with E-state index in [0.717, 1.165) is 6.26 Å². The molecule has 0 saturated carbocycles. The van der Waals surface area contributed by atoms with Gasteiger partial charge in [-0.3, -0.25) is 13.8 Å². The van der Waals surface area contributed by atoms with E-state index in [-0.39, 0.29) is 5.56 Å². The molecule has 1 rings (SSSR count). The van der Waals surface area contributed by atoms with Gasteiger partial charge in [-0.1, -0.05) is 12.1 Å². The zero-order valence-corrected chi connectivity index (χ0v) is 10.8. The molecule has 0 spiro atoms. The monoisotopic (exact) mass is 271 g/mol. The third-order valence-corrected chi connectivity index (χ3v) is 2.69. The molecular weight excluding hydrogens is 258 g/mol. The van der Waals surface area contributed by atoms with Crippen molar-refractivity contribution in [2.45, 2.75) is 0 Å². The van der Waals surface area contributed by atoms with E-state index in [4.69, 9.17) is 0 Å². The van der Waals surface area contributed by atoms with Crippen LogP contribution in [0.25, 0.3) is 0 Å². The lowest BCUT2D eigenvalue weighted by atomic mass is 10.1. The zero-order valence-electron chi connectivity index (χ0n) is 9.99. The summed E-state index contributed by atoms with van der Waals surface area (Å²) in [5.41, 5.74) is 0.630. The van der Waals surface area contributed by atoms with Gasteiger partial charge in [-0.15, -0.1) is 0 Å². The van der Waals surface area contributed by atoms with Crippen molar-refractivity contribution in [3.05, 3.63) is 29.8 Å². The first-order valence-corrected chi connectivity index (χ1v) is 6.81. The molecule has 1 aromatic carbocycles. The SMILES string of the molecule is CN(C=O)c1ccccc1C(=O)COS(C)(=O)=O. The summed E-state index contributed by atoms with van der Waals surface area (Å²) < 4.78 is 26.0. The van der Waals surface area contributed by atoms with Crippen LogP contribution in [0.3, 0.4) is 0 Å². The Morgan fingerprint density at radius 1 is 1.39 bits per heavy atom. The number of ketones is 1. The summed E-state index contributed by atoms with van der Waals surface area (Å²) >= 11 is 0. The summed E-state index contributed by atoms with van der Waals surface area (Å²) in [6.07, 6.45) is 1.42. The second-order valence-electron chi connectivity index (χ2n) is 3.62. The van der Waals surface area contributed by atoms with Crippen LogP contribution in [0.4, 0.5) is 5.69 Å². The van der Waals surface area contributed by atoms with Gasteiger partial charge in [0.1, 0.15) is 6.61 Å². The highest BCUT2D eigenvalue weighted by Crippen LogP contribution is 2.18. The Bertz CT molecular complexity index is 552. The number of para-hydroxylation sites is 1. The average molecular weight is 271 g/mol. The van der Waals surface area contributed by atoms with Gasteiger partial charge in [0.15, 0.2) is 5.78 Å². The maximum absolute atomic E-state index is 11.8. The van der Waals surface area contributed by atoms with Crippen LogP contribution in [0, 0.1) is 0 Å². The molecule has 0 saturated heterocycles. The van der Waals surface area contributed by atoms with Crippen LogP contribution in [-0.4, -0.2) is 40.5 Å². The predicted molar refractivity (Wildman–Crippen MR) is 66.0 cm³/mol. The Hall–Kier alpha value is -1.73. The Labute approximate surface area is 105 Å². The Morgan fingerprint density at radius 2 is 2.00 bits per heavy atom. The largest absolute Gasteiger partial charge is 0.317 e. The van der Waals surface area contributed by atoms with E-state index in [9.17, 15) is 18.0 Å². The van der Waals surface area contributed by atoms with Gasteiger partial charge >= 0.3 is 0 Å². The fourth-order valence-electron chi connectivity index (χ4n) is 1.31. The van der Waals surface area contributed by atoms with Crippen molar-refractivity contribution in [3.63, 3.8) is 0 Å². The Balaban J connectivity index is 2.95. The Kier molecular flexibility index (Phi) is 4.57. The summed E-state index contributed by atoms with van der Waals surface area (Å²) in [6, 6.07) is 6.38. The van der Waals surface area contributed by atoms with Crippen LogP contribution in [0.1, 0.15) is 10.4 Å². The van der Waals surface area contributed by atoms with E-state index >= 15 is 0 Å². The number of anilines is 1. The minimum atomic E-state index is -3.67. The topological polar surface area (TPSA) is 80.8 Å². The van der Waals surface area contributed by atoms with E-state index in [1.165, 1.54) is 18.0 Å². The number of Topliss-reactive ketones (excluding diaryl/α,β-unsaturated/α-hetero) is 1. The van der Waals surface area contributed by atoms with E-state index in [1.54, 1.807) is 18.2 Å². The van der Waals surface area contributed by atoms with Gasteiger partial charge in [0.05, 0.1) is 11.9 Å². The summed E-state index contributed by atoms with van der Waals surface area (Å²) in [7, 11) is -2.17. The van der Waals surface area contributed by atoms with Gasteiger partial charge in [0, 0.05) is 12.6 Å². The molecule has 98 valence electrons. The second kappa shape index (κ2) is 5.74. The third-order valence-electron chi connectivity index (χ3n) is 2.15. The van der Waals surface area contributed by atoms with Crippen molar-refractivity contribution in [2.24, 2.45) is 0 Å². The van der Waals surface area contributed by atoms with Crippen molar-refractivity contribution in [1.29, 1.82) is 0 Å². The van der Waals surface area contributed by atoms with Gasteiger partial charge < -0.3 is 4.90 Å². The van der Waals surface area contributed by atoms with Crippen LogP contribution in [0.5, 0.6) is 0 Å². The molecule has 18 heavy (non-hydrogen) atoms. The van der Waals surface area contributed by atoms with Crippen LogP contribution in [-0.2, 0) is 19.1 Å². The average Bonchev–Trinajstić information content (AvgIpc) is 2.34. The maximum Gasteiger partial charge on any atom is 0.264 e. The van der Waals surface area contributed by atoms with Gasteiger partial charge in [0.25, 0.3) is 10.1 Å². The van der Waals surface area contributed by atoms with Crippen LogP contribution < -0.4 is 4.90 Å². The number of benzene rings is 1. The predicted octanol–water partition coefficient (Wildman–Crippen LogP) is 0.438. The van der Waals surface area contributed by atoms with E-state index < -0.39 is 22.5 Å². The third kappa shape index (κ3) is 3.94. The molecule has 0 fully saturated rings. The molecule has 0 unspecified atom stereocenters. The van der Waals surface area contributed by atoms with Crippen molar-refractivity contribution >= 4 is 28.0 Å². The van der Waals surface area contributed by atoms with E-state index in [0.29, 0.717) is 12.1 Å². The highest BCUT2D eigenvalue weighted by atomic mass is 32.2. The number of nitrogens with zero attached hydrogens (tertiary/aromatic N) is 1. The number of carbonyl (C=O) groups excluding carboxylic acids is 2. The minimum absolute atomic E-state index is 0.232. The molecule has 0 aliphatic heterocycles. The normalized spacial score (nSPS) is 11.0. The first kappa shape index (κ1) is 14.3. The summed E-state index contributed by atoms with van der Waals surface area (Å²) in [5.74, 6) is -0.510. The molecule has 1 amide bonds. The summed E-state index contributed by atoms with van der Waals surface area (Å²) in [5, 5.41) is 0. The summed E-state index contributed by atoms with van der Waals surface area (Å²) in [4.78, 5) is 23.7. The number of hydrogen-bond acceptors (Lipinski definition) is 5. The van der Waals surface area contributed by atoms with Gasteiger partial charge in [0.2, 0.25) is 6.41 Å². The first-order valence-electron chi connectivity index (χ1n) is 5.00. The lowest BCUT2D eigenvalue weighted by Crippen LogP contribution is -2.20. The second-order valence-corrected chi connectivity index (χ2v) is 5.27. The molecule has 7 heteroatoms. The molecule has 0 radical (unpaired) electrons. The van der Waals surface area contributed by atoms with Gasteiger partial charge in [-0.25, -0.2) is 0 Å². The number of amides is 1.